The summed E-state index contributed by atoms with van der Waals surface area (Å²) in [4.78, 5) is 12.8. The largest absolute Gasteiger partial charge is 0.321 e. The van der Waals surface area contributed by atoms with E-state index in [0.29, 0.717) is 16.6 Å². The molecule has 12 heteroatoms. The number of nitrogens with one attached hydrogen (secondary N) is 2. The number of aromatic nitrogens is 4. The molecule has 0 aliphatic rings. The first kappa shape index (κ1) is 20.8. The molecule has 0 unspecified atom stereocenters. The fourth-order valence-electron chi connectivity index (χ4n) is 3.05. The number of carbonyl (C=O) groups is 1. The lowest BCUT2D eigenvalue weighted by molar-refractivity contribution is 0.101. The molecule has 2 aromatic heterocycles. The second kappa shape index (κ2) is 7.67. The van der Waals surface area contributed by atoms with E-state index >= 15 is 0 Å². The van der Waals surface area contributed by atoms with Gasteiger partial charge >= 0.3 is 0 Å². The molecule has 0 radical (unpaired) electrons. The summed E-state index contributed by atoms with van der Waals surface area (Å²) in [7, 11) is -0.614. The fraction of sp³-hybridized carbons (Fsp3) is 0.105. The number of fused-ring (bicyclic) bond motifs is 1. The minimum absolute atomic E-state index is 0.0224. The lowest BCUT2D eigenvalue weighted by Crippen LogP contribution is -2.16. The minimum atomic E-state index is -3.82. The number of hydrogen-bond acceptors (Lipinski definition) is 5. The molecule has 160 valence electrons. The predicted molar refractivity (Wildman–Crippen MR) is 114 cm³/mol. The van der Waals surface area contributed by atoms with Gasteiger partial charge in [0.25, 0.3) is 15.9 Å². The number of anilines is 2. The molecule has 2 heterocycles. The number of carbonyl (C=O) groups excluding carboxylic acids is 1. The second-order valence-electron chi connectivity index (χ2n) is 6.74. The zero-order chi connectivity index (χ0) is 22.3. The van der Waals surface area contributed by atoms with Crippen molar-refractivity contribution in [1.29, 1.82) is 0 Å². The molecule has 0 bridgehead atoms. The SMILES string of the molecule is Cn1cc(S(=O)(=O)Nc2ccc3c(C(=O)Nc4ccc(F)c(Cl)c4)n(C)nc3c2)cn1. The third kappa shape index (κ3) is 4.09. The average Bonchev–Trinajstić information content (AvgIpc) is 3.27. The van der Waals surface area contributed by atoms with Crippen LogP contribution in [-0.2, 0) is 24.1 Å². The van der Waals surface area contributed by atoms with Gasteiger partial charge in [-0.15, -0.1) is 0 Å². The fourth-order valence-corrected chi connectivity index (χ4v) is 4.26. The van der Waals surface area contributed by atoms with Gasteiger partial charge in [0.15, 0.2) is 0 Å². The molecule has 0 fully saturated rings. The van der Waals surface area contributed by atoms with Crippen LogP contribution < -0.4 is 10.0 Å². The molecule has 0 saturated heterocycles. The van der Waals surface area contributed by atoms with E-state index in [-0.39, 0.29) is 21.3 Å². The Labute approximate surface area is 181 Å². The van der Waals surface area contributed by atoms with Crippen molar-refractivity contribution in [2.75, 3.05) is 10.0 Å². The average molecular weight is 463 g/mol. The Morgan fingerprint density at radius 3 is 2.55 bits per heavy atom. The summed E-state index contributed by atoms with van der Waals surface area (Å²) < 4.78 is 43.6. The van der Waals surface area contributed by atoms with Gasteiger partial charge in [-0.1, -0.05) is 11.6 Å². The normalized spacial score (nSPS) is 11.6. The maximum atomic E-state index is 13.3. The molecular weight excluding hydrogens is 447 g/mol. The van der Waals surface area contributed by atoms with Crippen LogP contribution in [0.1, 0.15) is 10.5 Å². The molecule has 0 saturated carbocycles. The van der Waals surface area contributed by atoms with Crippen molar-refractivity contribution in [3.8, 4) is 0 Å². The van der Waals surface area contributed by atoms with E-state index in [4.69, 9.17) is 11.6 Å². The second-order valence-corrected chi connectivity index (χ2v) is 8.83. The molecule has 4 rings (SSSR count). The highest BCUT2D eigenvalue weighted by Crippen LogP contribution is 2.25. The standard InChI is InChI=1S/C19H16ClFN6O3S/c1-26-10-13(9-22-26)31(29,30)25-12-3-5-14-17(8-12)24-27(2)18(14)19(28)23-11-4-6-16(21)15(20)7-11/h3-10,25H,1-2H3,(H,23,28). The summed E-state index contributed by atoms with van der Waals surface area (Å²) in [6.07, 6.45) is 2.62. The number of amides is 1. The van der Waals surface area contributed by atoms with E-state index in [0.717, 1.165) is 6.07 Å². The van der Waals surface area contributed by atoms with E-state index in [1.165, 1.54) is 46.0 Å². The van der Waals surface area contributed by atoms with Crippen LogP contribution in [0.15, 0.2) is 53.7 Å². The Kier molecular flexibility index (Phi) is 5.15. The molecule has 4 aromatic rings. The van der Waals surface area contributed by atoms with Crippen molar-refractivity contribution in [3.63, 3.8) is 0 Å². The van der Waals surface area contributed by atoms with Gasteiger partial charge in [0.1, 0.15) is 16.4 Å². The summed E-state index contributed by atoms with van der Waals surface area (Å²) in [6.45, 7) is 0. The van der Waals surface area contributed by atoms with E-state index in [1.54, 1.807) is 20.2 Å². The summed E-state index contributed by atoms with van der Waals surface area (Å²) >= 11 is 5.76. The van der Waals surface area contributed by atoms with Crippen LogP contribution in [0.4, 0.5) is 15.8 Å². The number of halogens is 2. The smallest absolute Gasteiger partial charge is 0.274 e. The zero-order valence-corrected chi connectivity index (χ0v) is 17.9. The van der Waals surface area contributed by atoms with Crippen LogP contribution in [0.3, 0.4) is 0 Å². The van der Waals surface area contributed by atoms with Gasteiger partial charge in [-0.3, -0.25) is 18.9 Å². The van der Waals surface area contributed by atoms with Crippen LogP contribution >= 0.6 is 11.6 Å². The van der Waals surface area contributed by atoms with Crippen molar-refractivity contribution in [2.45, 2.75) is 4.90 Å². The van der Waals surface area contributed by atoms with Crippen LogP contribution in [0.5, 0.6) is 0 Å². The molecular formula is C19H16ClFN6O3S. The quantitative estimate of drug-likeness (QED) is 0.473. The Hall–Kier alpha value is -3.44. The molecule has 2 N–H and O–H groups in total. The highest BCUT2D eigenvalue weighted by atomic mass is 35.5. The minimum Gasteiger partial charge on any atom is -0.321 e. The van der Waals surface area contributed by atoms with Crippen LogP contribution in [0.25, 0.3) is 10.9 Å². The van der Waals surface area contributed by atoms with Crippen molar-refractivity contribution < 1.29 is 17.6 Å². The molecule has 31 heavy (non-hydrogen) atoms. The van der Waals surface area contributed by atoms with Crippen LogP contribution in [0.2, 0.25) is 5.02 Å². The highest BCUT2D eigenvalue weighted by Gasteiger charge is 2.20. The lowest BCUT2D eigenvalue weighted by Gasteiger charge is -2.07. The Balaban J connectivity index is 1.62. The van der Waals surface area contributed by atoms with Gasteiger partial charge in [0, 0.05) is 31.4 Å². The van der Waals surface area contributed by atoms with Gasteiger partial charge in [0.05, 0.1) is 22.4 Å². The van der Waals surface area contributed by atoms with Crippen molar-refractivity contribution in [2.24, 2.45) is 14.1 Å². The monoisotopic (exact) mass is 462 g/mol. The van der Waals surface area contributed by atoms with E-state index in [2.05, 4.69) is 20.2 Å². The first-order chi connectivity index (χ1) is 14.6. The lowest BCUT2D eigenvalue weighted by atomic mass is 10.2. The maximum absolute atomic E-state index is 13.3. The summed E-state index contributed by atoms with van der Waals surface area (Å²) in [5.74, 6) is -1.07. The summed E-state index contributed by atoms with van der Waals surface area (Å²) in [6, 6.07) is 8.50. The highest BCUT2D eigenvalue weighted by molar-refractivity contribution is 7.92. The third-order valence-corrected chi connectivity index (χ3v) is 6.10. The Morgan fingerprint density at radius 1 is 1.13 bits per heavy atom. The predicted octanol–water partition coefficient (Wildman–Crippen LogP) is 3.15. The van der Waals surface area contributed by atoms with E-state index < -0.39 is 21.7 Å². The van der Waals surface area contributed by atoms with Gasteiger partial charge in [-0.05, 0) is 36.4 Å². The number of nitrogens with zero attached hydrogens (tertiary/aromatic N) is 4. The number of sulfonamides is 1. The first-order valence-electron chi connectivity index (χ1n) is 8.89. The molecule has 2 aromatic carbocycles. The number of benzene rings is 2. The van der Waals surface area contributed by atoms with Crippen molar-refractivity contribution in [3.05, 3.63) is 65.3 Å². The number of aryl methyl sites for hydroxylation is 2. The topological polar surface area (TPSA) is 111 Å². The molecule has 0 atom stereocenters. The van der Waals surface area contributed by atoms with Gasteiger partial charge < -0.3 is 5.32 Å². The van der Waals surface area contributed by atoms with E-state index in [1.807, 2.05) is 0 Å². The van der Waals surface area contributed by atoms with Gasteiger partial charge in [0.2, 0.25) is 0 Å². The van der Waals surface area contributed by atoms with Crippen molar-refractivity contribution in [1.82, 2.24) is 19.6 Å². The Bertz CT molecular complexity index is 1430. The van der Waals surface area contributed by atoms with Gasteiger partial charge in [-0.2, -0.15) is 10.2 Å². The molecule has 9 nitrogen and oxygen atoms in total. The molecule has 0 spiro atoms. The number of hydrogen-bond donors (Lipinski definition) is 2. The van der Waals surface area contributed by atoms with Crippen LogP contribution in [0, 0.1) is 5.82 Å². The third-order valence-electron chi connectivity index (χ3n) is 4.47. The number of rotatable bonds is 5. The molecule has 0 aliphatic carbocycles. The van der Waals surface area contributed by atoms with Crippen LogP contribution in [-0.4, -0.2) is 33.9 Å². The van der Waals surface area contributed by atoms with E-state index in [9.17, 15) is 17.6 Å². The molecule has 1 amide bonds. The summed E-state index contributed by atoms with van der Waals surface area (Å²) in [5.41, 5.74) is 1.27. The first-order valence-corrected chi connectivity index (χ1v) is 10.7. The zero-order valence-electron chi connectivity index (χ0n) is 16.3. The maximum Gasteiger partial charge on any atom is 0.274 e. The van der Waals surface area contributed by atoms with Gasteiger partial charge in [-0.25, -0.2) is 12.8 Å². The summed E-state index contributed by atoms with van der Waals surface area (Å²) in [5, 5.41) is 11.2. The van der Waals surface area contributed by atoms with Crippen molar-refractivity contribution >= 4 is 49.8 Å². The Morgan fingerprint density at radius 2 is 1.87 bits per heavy atom. The molecule has 0 aliphatic heterocycles.